The van der Waals surface area contributed by atoms with Crippen molar-refractivity contribution in [3.8, 4) is 0 Å². The Morgan fingerprint density at radius 1 is 1.37 bits per heavy atom. The molecular weight excluding hydrogens is 256 g/mol. The molecular formula is C13H13F2NO3. The lowest BCUT2D eigenvalue weighted by atomic mass is 9.93. The smallest absolute Gasteiger partial charge is 0.318 e. The minimum atomic E-state index is -3.60. The predicted molar refractivity (Wildman–Crippen MR) is 62.8 cm³/mol. The maximum absolute atomic E-state index is 13.5. The molecule has 0 bridgehead atoms. The Morgan fingerprint density at radius 3 is 2.58 bits per heavy atom. The third-order valence-electron chi connectivity index (χ3n) is 3.09. The summed E-state index contributed by atoms with van der Waals surface area (Å²) in [5, 5.41) is 8.84. The number of carbonyl (C=O) groups is 2. The van der Waals surface area contributed by atoms with Gasteiger partial charge in [0.05, 0.1) is 6.54 Å². The number of nitrogens with zero attached hydrogens (tertiary/aromatic N) is 1. The van der Waals surface area contributed by atoms with E-state index in [1.807, 2.05) is 0 Å². The first kappa shape index (κ1) is 13.6. The molecule has 1 aliphatic heterocycles. The maximum atomic E-state index is 13.5. The van der Waals surface area contributed by atoms with Gasteiger partial charge in [-0.05, 0) is 5.56 Å². The fraction of sp³-hybridized carbons (Fsp3) is 0.385. The maximum Gasteiger partial charge on any atom is 0.318 e. The molecule has 6 heteroatoms. The molecule has 19 heavy (non-hydrogen) atoms. The molecule has 1 aromatic carbocycles. The summed E-state index contributed by atoms with van der Waals surface area (Å²) in [6.45, 7) is -0.712. The zero-order chi connectivity index (χ0) is 14.0. The Bertz CT molecular complexity index is 490. The van der Waals surface area contributed by atoms with Crippen LogP contribution in [0.1, 0.15) is 5.56 Å². The van der Waals surface area contributed by atoms with E-state index >= 15 is 0 Å². The van der Waals surface area contributed by atoms with Crippen molar-refractivity contribution in [2.75, 3.05) is 13.1 Å². The molecule has 1 aromatic rings. The average molecular weight is 269 g/mol. The number of Topliss-reactive ketones (excluding diaryl/α,β-unsaturated/α-hetero) is 1. The van der Waals surface area contributed by atoms with Crippen LogP contribution in [0.2, 0.25) is 0 Å². The van der Waals surface area contributed by atoms with Crippen LogP contribution < -0.4 is 0 Å². The highest BCUT2D eigenvalue weighted by molar-refractivity contribution is 6.02. The van der Waals surface area contributed by atoms with Gasteiger partial charge in [0, 0.05) is 13.1 Å². The normalized spacial score (nSPS) is 23.3. The SMILES string of the molecule is O=C(O)C1CN(Cc2ccccc2)CC(F)(F)C1=O. The Morgan fingerprint density at radius 2 is 2.00 bits per heavy atom. The highest BCUT2D eigenvalue weighted by Crippen LogP contribution is 2.28. The molecule has 0 amide bonds. The second-order valence-corrected chi connectivity index (χ2v) is 4.61. The van der Waals surface area contributed by atoms with Crippen LogP contribution in [0.25, 0.3) is 0 Å². The number of carboxylic acid groups (broad SMARTS) is 1. The van der Waals surface area contributed by atoms with Crippen LogP contribution in [0.15, 0.2) is 30.3 Å². The monoisotopic (exact) mass is 269 g/mol. The second-order valence-electron chi connectivity index (χ2n) is 4.61. The molecule has 1 aliphatic rings. The first-order valence-corrected chi connectivity index (χ1v) is 5.81. The van der Waals surface area contributed by atoms with Gasteiger partial charge in [-0.3, -0.25) is 14.5 Å². The van der Waals surface area contributed by atoms with Crippen molar-refractivity contribution in [2.45, 2.75) is 12.5 Å². The summed E-state index contributed by atoms with van der Waals surface area (Å²) in [5.74, 6) is -8.25. The third kappa shape index (κ3) is 2.96. The molecule has 1 N–H and O–H groups in total. The summed E-state index contributed by atoms with van der Waals surface area (Å²) >= 11 is 0. The summed E-state index contributed by atoms with van der Waals surface area (Å²) in [4.78, 5) is 23.5. The van der Waals surface area contributed by atoms with Gasteiger partial charge in [-0.15, -0.1) is 0 Å². The topological polar surface area (TPSA) is 57.6 Å². The summed E-state index contributed by atoms with van der Waals surface area (Å²) < 4.78 is 27.0. The zero-order valence-electron chi connectivity index (χ0n) is 10.1. The number of hydrogen-bond acceptors (Lipinski definition) is 3. The summed E-state index contributed by atoms with van der Waals surface area (Å²) in [5.41, 5.74) is 0.803. The lowest BCUT2D eigenvalue weighted by Crippen LogP contribution is -2.55. The molecule has 0 aliphatic carbocycles. The fourth-order valence-corrected chi connectivity index (χ4v) is 2.17. The van der Waals surface area contributed by atoms with E-state index in [0.29, 0.717) is 0 Å². The van der Waals surface area contributed by atoms with Crippen LogP contribution in [-0.4, -0.2) is 40.8 Å². The van der Waals surface area contributed by atoms with E-state index in [0.717, 1.165) is 5.56 Å². The molecule has 1 heterocycles. The zero-order valence-corrected chi connectivity index (χ0v) is 10.1. The van der Waals surface area contributed by atoms with Crippen LogP contribution in [0.5, 0.6) is 0 Å². The van der Waals surface area contributed by atoms with Crippen molar-refractivity contribution < 1.29 is 23.5 Å². The Labute approximate surface area is 108 Å². The lowest BCUT2D eigenvalue weighted by molar-refractivity contribution is -0.168. The van der Waals surface area contributed by atoms with Crippen molar-refractivity contribution in [3.05, 3.63) is 35.9 Å². The van der Waals surface area contributed by atoms with Crippen molar-refractivity contribution >= 4 is 11.8 Å². The first-order chi connectivity index (χ1) is 8.90. The summed E-state index contributed by atoms with van der Waals surface area (Å²) in [7, 11) is 0. The predicted octanol–water partition coefficient (Wildman–Crippen LogP) is 1.41. The van der Waals surface area contributed by atoms with Crippen molar-refractivity contribution in [1.82, 2.24) is 4.90 Å². The van der Waals surface area contributed by atoms with Gasteiger partial charge in [-0.25, -0.2) is 0 Å². The Balaban J connectivity index is 2.15. The highest BCUT2D eigenvalue weighted by Gasteiger charge is 2.51. The average Bonchev–Trinajstić information content (AvgIpc) is 2.34. The van der Waals surface area contributed by atoms with Crippen LogP contribution in [-0.2, 0) is 16.1 Å². The van der Waals surface area contributed by atoms with E-state index in [4.69, 9.17) is 5.11 Å². The number of alkyl halides is 2. The molecule has 0 radical (unpaired) electrons. The van der Waals surface area contributed by atoms with Gasteiger partial charge in [0.15, 0.2) is 0 Å². The van der Waals surface area contributed by atoms with Crippen LogP contribution in [0.3, 0.4) is 0 Å². The molecule has 0 saturated carbocycles. The highest BCUT2D eigenvalue weighted by atomic mass is 19.3. The number of ketones is 1. The number of carbonyl (C=O) groups excluding carboxylic acids is 1. The molecule has 2 rings (SSSR count). The van der Waals surface area contributed by atoms with Crippen LogP contribution >= 0.6 is 0 Å². The molecule has 1 atom stereocenters. The molecule has 1 saturated heterocycles. The van der Waals surface area contributed by atoms with Gasteiger partial charge < -0.3 is 5.11 Å². The third-order valence-corrected chi connectivity index (χ3v) is 3.09. The van der Waals surface area contributed by atoms with E-state index in [-0.39, 0.29) is 13.1 Å². The number of likely N-dealkylation sites (tertiary alicyclic amines) is 1. The lowest BCUT2D eigenvalue weighted by Gasteiger charge is -2.34. The number of rotatable bonds is 3. The number of benzene rings is 1. The van der Waals surface area contributed by atoms with E-state index in [1.165, 1.54) is 4.90 Å². The van der Waals surface area contributed by atoms with Gasteiger partial charge in [-0.1, -0.05) is 30.3 Å². The van der Waals surface area contributed by atoms with Gasteiger partial charge >= 0.3 is 11.9 Å². The number of halogens is 2. The standard InChI is InChI=1S/C13H13F2NO3/c14-13(15)8-16(6-9-4-2-1-3-5-9)7-10(11(13)17)12(18)19/h1-5,10H,6-8H2,(H,18,19). The second kappa shape index (κ2) is 5.05. The van der Waals surface area contributed by atoms with E-state index in [2.05, 4.69) is 0 Å². The number of hydrogen-bond donors (Lipinski definition) is 1. The Kier molecular flexibility index (Phi) is 3.61. The number of piperidine rings is 1. The van der Waals surface area contributed by atoms with Crippen molar-refractivity contribution in [2.24, 2.45) is 5.92 Å². The largest absolute Gasteiger partial charge is 0.481 e. The minimum Gasteiger partial charge on any atom is -0.481 e. The molecule has 0 aromatic heterocycles. The fourth-order valence-electron chi connectivity index (χ4n) is 2.17. The van der Waals surface area contributed by atoms with Crippen molar-refractivity contribution in [1.29, 1.82) is 0 Å². The molecule has 0 spiro atoms. The quantitative estimate of drug-likeness (QED) is 0.843. The van der Waals surface area contributed by atoms with Crippen LogP contribution in [0, 0.1) is 5.92 Å². The van der Waals surface area contributed by atoms with Gasteiger partial charge in [0.25, 0.3) is 0 Å². The molecule has 102 valence electrons. The van der Waals surface area contributed by atoms with E-state index in [1.54, 1.807) is 30.3 Å². The van der Waals surface area contributed by atoms with Crippen molar-refractivity contribution in [3.63, 3.8) is 0 Å². The first-order valence-electron chi connectivity index (χ1n) is 5.81. The minimum absolute atomic E-state index is 0.182. The summed E-state index contributed by atoms with van der Waals surface area (Å²) in [6.07, 6.45) is 0. The Hall–Kier alpha value is -1.82. The van der Waals surface area contributed by atoms with E-state index < -0.39 is 30.1 Å². The van der Waals surface area contributed by atoms with Crippen LogP contribution in [0.4, 0.5) is 8.78 Å². The molecule has 1 unspecified atom stereocenters. The number of aliphatic carboxylic acids is 1. The van der Waals surface area contributed by atoms with Gasteiger partial charge in [0.2, 0.25) is 5.78 Å². The number of carboxylic acids is 1. The van der Waals surface area contributed by atoms with Gasteiger partial charge in [-0.2, -0.15) is 8.78 Å². The summed E-state index contributed by atoms with van der Waals surface area (Å²) in [6, 6.07) is 8.89. The molecule has 1 fully saturated rings. The van der Waals surface area contributed by atoms with E-state index in [9.17, 15) is 18.4 Å². The van der Waals surface area contributed by atoms with Gasteiger partial charge in [0.1, 0.15) is 5.92 Å². The molecule has 4 nitrogen and oxygen atoms in total.